The summed E-state index contributed by atoms with van der Waals surface area (Å²) in [5.74, 6) is 0.571. The summed E-state index contributed by atoms with van der Waals surface area (Å²) in [6.45, 7) is 3.86. The normalized spacial score (nSPS) is 11.0. The van der Waals surface area contributed by atoms with Crippen LogP contribution in [0.2, 0.25) is 0 Å². The van der Waals surface area contributed by atoms with E-state index in [1.54, 1.807) is 9.08 Å². The fourth-order valence-corrected chi connectivity index (χ4v) is 2.11. The third kappa shape index (κ3) is 1.44. The summed E-state index contributed by atoms with van der Waals surface area (Å²) in [4.78, 5) is 15.8. The number of pyridine rings is 1. The zero-order chi connectivity index (χ0) is 12.7. The molecule has 0 unspecified atom stereocenters. The molecule has 0 spiro atoms. The Morgan fingerprint density at radius 3 is 2.78 bits per heavy atom. The number of hydrogen-bond donors (Lipinski definition) is 0. The van der Waals surface area contributed by atoms with Gasteiger partial charge in [0, 0.05) is 11.9 Å². The fourth-order valence-electron chi connectivity index (χ4n) is 2.11. The molecule has 0 saturated heterocycles. The fraction of sp³-hybridized carbons (Fsp3) is 0.154. The first-order valence-corrected chi connectivity index (χ1v) is 5.66. The highest BCUT2D eigenvalue weighted by Crippen LogP contribution is 2.17. The van der Waals surface area contributed by atoms with Crippen molar-refractivity contribution in [1.82, 2.24) is 19.2 Å². The van der Waals surface area contributed by atoms with Crippen LogP contribution in [-0.2, 0) is 0 Å². The second kappa shape index (κ2) is 3.80. The first-order valence-electron chi connectivity index (χ1n) is 5.66. The van der Waals surface area contributed by atoms with Gasteiger partial charge in [0.2, 0.25) is 0 Å². The van der Waals surface area contributed by atoms with Gasteiger partial charge >= 0.3 is 0 Å². The predicted molar refractivity (Wildman–Crippen MR) is 67.2 cm³/mol. The molecule has 90 valence electrons. The van der Waals surface area contributed by atoms with Crippen molar-refractivity contribution in [3.05, 3.63) is 47.5 Å². The smallest absolute Gasteiger partial charge is 0.183 e. The molecular formula is C13H12N4O. The van der Waals surface area contributed by atoms with E-state index in [1.807, 2.05) is 44.3 Å². The van der Waals surface area contributed by atoms with Gasteiger partial charge in [-0.1, -0.05) is 6.07 Å². The van der Waals surface area contributed by atoms with Gasteiger partial charge in [0.25, 0.3) is 0 Å². The lowest BCUT2D eigenvalue weighted by Gasteiger charge is -2.00. The number of carbonyl (C=O) groups excluding carboxylic acids is 1. The molecule has 3 heterocycles. The Balaban J connectivity index is 2.35. The van der Waals surface area contributed by atoms with Crippen molar-refractivity contribution in [3.63, 3.8) is 0 Å². The van der Waals surface area contributed by atoms with Crippen molar-refractivity contribution < 1.29 is 4.79 Å². The van der Waals surface area contributed by atoms with E-state index in [-0.39, 0.29) is 0 Å². The topological polar surface area (TPSA) is 52.2 Å². The number of aryl methyl sites for hydroxylation is 2. The number of aldehydes is 1. The van der Waals surface area contributed by atoms with Crippen LogP contribution in [0.4, 0.5) is 0 Å². The van der Waals surface area contributed by atoms with Crippen LogP contribution >= 0.6 is 0 Å². The lowest BCUT2D eigenvalue weighted by molar-refractivity contribution is 0.111. The number of fused-ring (bicyclic) bond motifs is 1. The number of aromatic nitrogens is 4. The highest BCUT2D eigenvalue weighted by atomic mass is 16.1. The van der Waals surface area contributed by atoms with E-state index in [9.17, 15) is 4.79 Å². The van der Waals surface area contributed by atoms with Crippen molar-refractivity contribution in [2.45, 2.75) is 13.8 Å². The summed E-state index contributed by atoms with van der Waals surface area (Å²) in [7, 11) is 0. The van der Waals surface area contributed by atoms with E-state index < -0.39 is 0 Å². The summed E-state index contributed by atoms with van der Waals surface area (Å²) in [5, 5.41) is 4.37. The molecule has 0 amide bonds. The van der Waals surface area contributed by atoms with Crippen molar-refractivity contribution in [3.8, 4) is 5.82 Å². The Kier molecular flexibility index (Phi) is 2.26. The van der Waals surface area contributed by atoms with Gasteiger partial charge in [-0.15, -0.1) is 0 Å². The molecule has 0 atom stereocenters. The van der Waals surface area contributed by atoms with Gasteiger partial charge in [-0.05, 0) is 32.0 Å². The summed E-state index contributed by atoms with van der Waals surface area (Å²) < 4.78 is 3.46. The van der Waals surface area contributed by atoms with Gasteiger partial charge < -0.3 is 0 Å². The first kappa shape index (κ1) is 10.7. The summed E-state index contributed by atoms with van der Waals surface area (Å²) in [6, 6.07) is 7.58. The van der Waals surface area contributed by atoms with Crippen LogP contribution in [0.3, 0.4) is 0 Å². The first-order chi connectivity index (χ1) is 8.70. The molecule has 18 heavy (non-hydrogen) atoms. The minimum absolute atomic E-state index is 0.511. The summed E-state index contributed by atoms with van der Waals surface area (Å²) >= 11 is 0. The second-order valence-electron chi connectivity index (χ2n) is 4.21. The molecule has 0 aliphatic rings. The van der Waals surface area contributed by atoms with E-state index in [4.69, 9.17) is 0 Å². The van der Waals surface area contributed by atoms with Crippen LogP contribution in [0.15, 0.2) is 30.5 Å². The van der Waals surface area contributed by atoms with Crippen molar-refractivity contribution in [2.24, 2.45) is 0 Å². The molecule has 0 radical (unpaired) electrons. The summed E-state index contributed by atoms with van der Waals surface area (Å²) in [5.41, 5.74) is 3.11. The maximum Gasteiger partial charge on any atom is 0.183 e. The van der Waals surface area contributed by atoms with Crippen LogP contribution in [0.5, 0.6) is 0 Å². The van der Waals surface area contributed by atoms with E-state index >= 15 is 0 Å². The largest absolute Gasteiger partial charge is 0.296 e. The molecule has 3 aromatic rings. The highest BCUT2D eigenvalue weighted by Gasteiger charge is 2.15. The van der Waals surface area contributed by atoms with Crippen LogP contribution < -0.4 is 0 Å². The van der Waals surface area contributed by atoms with Crippen LogP contribution in [-0.4, -0.2) is 25.5 Å². The minimum Gasteiger partial charge on any atom is -0.296 e. The molecule has 5 nitrogen and oxygen atoms in total. The molecule has 0 fully saturated rings. The number of nitrogens with zero attached hydrogens (tertiary/aromatic N) is 4. The van der Waals surface area contributed by atoms with Gasteiger partial charge in [0.15, 0.2) is 12.1 Å². The molecular weight excluding hydrogens is 228 g/mol. The molecule has 3 aromatic heterocycles. The number of imidazole rings is 1. The quantitative estimate of drug-likeness (QED) is 0.643. The molecule has 0 aliphatic carbocycles. The van der Waals surface area contributed by atoms with E-state index in [1.165, 1.54) is 0 Å². The average Bonchev–Trinajstić information content (AvgIpc) is 2.88. The maximum atomic E-state index is 11.3. The zero-order valence-corrected chi connectivity index (χ0v) is 10.2. The minimum atomic E-state index is 0.511. The standard InChI is InChI=1S/C13H12N4O/c1-9-7-10(2)17(15-9)13-11(8-18)16-6-4-3-5-12(16)14-13/h3-8H,1-2H3. The lowest BCUT2D eigenvalue weighted by atomic mass is 10.4. The number of carbonyl (C=O) groups is 1. The second-order valence-corrected chi connectivity index (χ2v) is 4.21. The third-order valence-corrected chi connectivity index (χ3v) is 2.87. The Morgan fingerprint density at radius 1 is 1.28 bits per heavy atom. The average molecular weight is 240 g/mol. The maximum absolute atomic E-state index is 11.3. The van der Waals surface area contributed by atoms with Gasteiger partial charge in [0.05, 0.1) is 5.69 Å². The van der Waals surface area contributed by atoms with Gasteiger partial charge in [0.1, 0.15) is 11.3 Å². The molecule has 3 rings (SSSR count). The van der Waals surface area contributed by atoms with E-state index in [0.717, 1.165) is 23.3 Å². The molecule has 0 saturated carbocycles. The Labute approximate surface area is 104 Å². The molecule has 0 bridgehead atoms. The number of rotatable bonds is 2. The highest BCUT2D eigenvalue weighted by molar-refractivity contribution is 5.79. The molecule has 0 aliphatic heterocycles. The number of hydrogen-bond acceptors (Lipinski definition) is 3. The van der Waals surface area contributed by atoms with E-state index in [2.05, 4.69) is 10.1 Å². The van der Waals surface area contributed by atoms with Crippen molar-refractivity contribution in [1.29, 1.82) is 0 Å². The van der Waals surface area contributed by atoms with Gasteiger partial charge in [-0.3, -0.25) is 9.20 Å². The van der Waals surface area contributed by atoms with E-state index in [0.29, 0.717) is 11.5 Å². The van der Waals surface area contributed by atoms with Crippen LogP contribution in [0.1, 0.15) is 21.9 Å². The lowest BCUT2D eigenvalue weighted by Crippen LogP contribution is -2.03. The van der Waals surface area contributed by atoms with Crippen LogP contribution in [0.25, 0.3) is 11.5 Å². The third-order valence-electron chi connectivity index (χ3n) is 2.87. The van der Waals surface area contributed by atoms with Gasteiger partial charge in [-0.25, -0.2) is 9.67 Å². The van der Waals surface area contributed by atoms with Crippen molar-refractivity contribution >= 4 is 11.9 Å². The summed E-state index contributed by atoms with van der Waals surface area (Å²) in [6.07, 6.45) is 2.63. The van der Waals surface area contributed by atoms with Gasteiger partial charge in [-0.2, -0.15) is 5.10 Å². The Hall–Kier alpha value is -2.43. The zero-order valence-electron chi connectivity index (χ0n) is 10.2. The van der Waals surface area contributed by atoms with Crippen LogP contribution in [0, 0.1) is 13.8 Å². The molecule has 0 N–H and O–H groups in total. The Morgan fingerprint density at radius 2 is 2.11 bits per heavy atom. The Bertz CT molecular complexity index is 739. The van der Waals surface area contributed by atoms with Crippen molar-refractivity contribution in [2.75, 3.05) is 0 Å². The predicted octanol–water partition coefficient (Wildman–Crippen LogP) is 1.95. The molecule has 5 heteroatoms. The molecule has 0 aromatic carbocycles. The monoisotopic (exact) mass is 240 g/mol. The SMILES string of the molecule is Cc1cc(C)n(-c2nc3ccccn3c2C=O)n1.